The summed E-state index contributed by atoms with van der Waals surface area (Å²) in [6.07, 6.45) is -7.98. The summed E-state index contributed by atoms with van der Waals surface area (Å²) in [7, 11) is 0. The van der Waals surface area contributed by atoms with Crippen molar-refractivity contribution in [1.82, 2.24) is 4.98 Å². The molecule has 5 nitrogen and oxygen atoms in total. The molecule has 238 valence electrons. The molecule has 0 amide bonds. The van der Waals surface area contributed by atoms with Gasteiger partial charge in [-0.1, -0.05) is 37.3 Å². The highest BCUT2D eigenvalue weighted by Crippen LogP contribution is 2.42. The number of aliphatic carboxylic acids is 1. The molecule has 0 unspecified atom stereocenters. The Balaban J connectivity index is 1.37. The van der Waals surface area contributed by atoms with Gasteiger partial charge in [0, 0.05) is 24.0 Å². The number of nitrogens with zero attached hydrogens (tertiary/aromatic N) is 2. The Hall–Kier alpha value is -4.06. The average Bonchev–Trinajstić information content (AvgIpc) is 3.49. The Morgan fingerprint density at radius 1 is 0.978 bits per heavy atom. The molecular formula is C33H30F6N2O3S. The summed E-state index contributed by atoms with van der Waals surface area (Å²) in [6.45, 7) is 5.05. The molecule has 2 heterocycles. The minimum atomic E-state index is -4.97. The van der Waals surface area contributed by atoms with Gasteiger partial charge in [-0.3, -0.25) is 4.79 Å². The molecule has 1 aromatic heterocycles. The summed E-state index contributed by atoms with van der Waals surface area (Å²) in [4.78, 5) is 18.2. The minimum absolute atomic E-state index is 0.101. The number of hydrogen-bond acceptors (Lipinski definition) is 5. The lowest BCUT2D eigenvalue weighted by molar-refractivity contribution is -0.143. The van der Waals surface area contributed by atoms with Crippen molar-refractivity contribution in [3.05, 3.63) is 87.8 Å². The minimum Gasteiger partial charge on any atom is -0.488 e. The van der Waals surface area contributed by atoms with Crippen LogP contribution in [0.15, 0.2) is 60.0 Å². The molecule has 0 radical (unpaired) electrons. The van der Waals surface area contributed by atoms with Crippen LogP contribution in [0.3, 0.4) is 0 Å². The van der Waals surface area contributed by atoms with Gasteiger partial charge in [0.15, 0.2) is 5.13 Å². The van der Waals surface area contributed by atoms with Gasteiger partial charge in [0.1, 0.15) is 12.4 Å². The molecule has 1 saturated heterocycles. The van der Waals surface area contributed by atoms with Gasteiger partial charge in [0.25, 0.3) is 0 Å². The van der Waals surface area contributed by atoms with Crippen LogP contribution in [0.2, 0.25) is 0 Å². The van der Waals surface area contributed by atoms with E-state index in [2.05, 4.69) is 4.90 Å². The van der Waals surface area contributed by atoms with Crippen molar-refractivity contribution in [1.29, 1.82) is 0 Å². The van der Waals surface area contributed by atoms with Gasteiger partial charge in [0.05, 0.1) is 22.7 Å². The Morgan fingerprint density at radius 2 is 1.71 bits per heavy atom. The quantitative estimate of drug-likeness (QED) is 0.193. The van der Waals surface area contributed by atoms with Crippen molar-refractivity contribution in [3.8, 4) is 28.1 Å². The summed E-state index contributed by atoms with van der Waals surface area (Å²) < 4.78 is 86.9. The molecule has 45 heavy (non-hydrogen) atoms. The number of alkyl halides is 6. The SMILES string of the molecule is CCc1ccc(OCc2ccc(-c3ccc(C(F)(F)F)cc3C(F)(F)F)cc2C)c(-c2csc(N3CCC(C(=O)O)CC3)n2)c1. The molecule has 0 aliphatic carbocycles. The van der Waals surface area contributed by atoms with E-state index >= 15 is 0 Å². The van der Waals surface area contributed by atoms with Crippen LogP contribution in [0.1, 0.15) is 47.6 Å². The summed E-state index contributed by atoms with van der Waals surface area (Å²) >= 11 is 1.47. The predicted molar refractivity (Wildman–Crippen MR) is 160 cm³/mol. The third-order valence-electron chi connectivity index (χ3n) is 8.02. The number of anilines is 1. The van der Waals surface area contributed by atoms with E-state index in [-0.39, 0.29) is 29.7 Å². The maximum atomic E-state index is 13.8. The number of thiazole rings is 1. The fraction of sp³-hybridized carbons (Fsp3) is 0.333. The predicted octanol–water partition coefficient (Wildman–Crippen LogP) is 9.27. The summed E-state index contributed by atoms with van der Waals surface area (Å²) in [5.41, 5.74) is 0.990. The largest absolute Gasteiger partial charge is 0.488 e. The molecule has 0 atom stereocenters. The molecule has 0 bridgehead atoms. The highest BCUT2D eigenvalue weighted by Gasteiger charge is 2.38. The first kappa shape index (κ1) is 32.3. The van der Waals surface area contributed by atoms with Crippen LogP contribution in [0.25, 0.3) is 22.4 Å². The van der Waals surface area contributed by atoms with E-state index in [1.165, 1.54) is 23.5 Å². The molecule has 1 aliphatic rings. The zero-order valence-corrected chi connectivity index (χ0v) is 25.2. The highest BCUT2D eigenvalue weighted by molar-refractivity contribution is 7.14. The lowest BCUT2D eigenvalue weighted by Gasteiger charge is -2.29. The maximum absolute atomic E-state index is 13.8. The van der Waals surface area contributed by atoms with Crippen LogP contribution >= 0.6 is 11.3 Å². The molecule has 5 rings (SSSR count). The molecule has 1 N–H and O–H groups in total. The van der Waals surface area contributed by atoms with E-state index in [0.717, 1.165) is 34.4 Å². The van der Waals surface area contributed by atoms with Crippen LogP contribution in [0, 0.1) is 12.8 Å². The third kappa shape index (κ3) is 7.27. The number of ether oxygens (including phenoxy) is 1. The molecule has 0 saturated carbocycles. The molecule has 12 heteroatoms. The van der Waals surface area contributed by atoms with Crippen molar-refractivity contribution in [3.63, 3.8) is 0 Å². The van der Waals surface area contributed by atoms with Crippen molar-refractivity contribution in [2.45, 2.75) is 52.1 Å². The van der Waals surface area contributed by atoms with E-state index in [9.17, 15) is 36.2 Å². The first-order chi connectivity index (χ1) is 21.2. The molecular weight excluding hydrogens is 618 g/mol. The number of aryl methyl sites for hydroxylation is 2. The van der Waals surface area contributed by atoms with Gasteiger partial charge < -0.3 is 14.7 Å². The Labute approximate surface area is 260 Å². The molecule has 0 spiro atoms. The van der Waals surface area contributed by atoms with Gasteiger partial charge >= 0.3 is 18.3 Å². The van der Waals surface area contributed by atoms with Gasteiger partial charge in [-0.05, 0) is 78.3 Å². The smallest absolute Gasteiger partial charge is 0.417 e. The van der Waals surface area contributed by atoms with Gasteiger partial charge in [0.2, 0.25) is 0 Å². The molecule has 3 aromatic carbocycles. The third-order valence-corrected chi connectivity index (χ3v) is 8.93. The number of piperidine rings is 1. The number of aromatic nitrogens is 1. The number of carboxylic acids is 1. The second kappa shape index (κ2) is 12.7. The van der Waals surface area contributed by atoms with Crippen LogP contribution in [-0.2, 0) is 30.2 Å². The zero-order valence-electron chi connectivity index (χ0n) is 24.4. The Bertz CT molecular complexity index is 1690. The molecule has 1 fully saturated rings. The van der Waals surface area contributed by atoms with Gasteiger partial charge in [-0.15, -0.1) is 11.3 Å². The number of benzene rings is 3. The average molecular weight is 649 g/mol. The lowest BCUT2D eigenvalue weighted by atomic mass is 9.94. The number of carboxylic acid groups (broad SMARTS) is 1. The van der Waals surface area contributed by atoms with Crippen molar-refractivity contribution < 1.29 is 41.0 Å². The fourth-order valence-corrected chi connectivity index (χ4v) is 6.24. The van der Waals surface area contributed by atoms with Crippen LogP contribution < -0.4 is 9.64 Å². The normalized spacial score (nSPS) is 14.5. The lowest BCUT2D eigenvalue weighted by Crippen LogP contribution is -2.36. The standard InChI is InChI=1S/C33H30F6N2O3S/c1-3-20-4-9-29(26(15-20)28-18-45-31(40-28)41-12-10-21(11-13-41)30(42)43)44-17-23-6-5-22(14-19(23)2)25-8-7-24(32(34,35)36)16-27(25)33(37,38)39/h4-9,14-16,18,21H,3,10-13,17H2,1-2H3,(H,42,43). The first-order valence-electron chi connectivity index (χ1n) is 14.3. The van der Waals surface area contributed by atoms with E-state index in [1.54, 1.807) is 13.0 Å². The van der Waals surface area contributed by atoms with Crippen LogP contribution in [-0.4, -0.2) is 29.1 Å². The highest BCUT2D eigenvalue weighted by atomic mass is 32.1. The topological polar surface area (TPSA) is 62.7 Å². The second-order valence-corrected chi connectivity index (χ2v) is 11.8. The number of carbonyl (C=O) groups is 1. The second-order valence-electron chi connectivity index (χ2n) is 11.0. The molecule has 1 aliphatic heterocycles. The van der Waals surface area contributed by atoms with Crippen molar-refractivity contribution in [2.75, 3.05) is 18.0 Å². The first-order valence-corrected chi connectivity index (χ1v) is 15.2. The van der Waals surface area contributed by atoms with Gasteiger partial charge in [-0.2, -0.15) is 26.3 Å². The van der Waals surface area contributed by atoms with Crippen molar-refractivity contribution in [2.24, 2.45) is 5.92 Å². The number of rotatable bonds is 8. The van der Waals surface area contributed by atoms with E-state index in [1.807, 2.05) is 30.5 Å². The van der Waals surface area contributed by atoms with E-state index in [0.29, 0.717) is 48.9 Å². The summed E-state index contributed by atoms with van der Waals surface area (Å²) in [6, 6.07) is 12.0. The number of hydrogen-bond donors (Lipinski definition) is 1. The van der Waals surface area contributed by atoms with Gasteiger partial charge in [-0.25, -0.2) is 4.98 Å². The van der Waals surface area contributed by atoms with Crippen LogP contribution in [0.4, 0.5) is 31.5 Å². The monoisotopic (exact) mass is 648 g/mol. The van der Waals surface area contributed by atoms with E-state index < -0.39 is 29.4 Å². The van der Waals surface area contributed by atoms with Crippen LogP contribution in [0.5, 0.6) is 5.75 Å². The Kier molecular flexibility index (Phi) is 9.16. The van der Waals surface area contributed by atoms with E-state index in [4.69, 9.17) is 9.72 Å². The summed E-state index contributed by atoms with van der Waals surface area (Å²) in [5, 5.41) is 12.0. The Morgan fingerprint density at radius 3 is 2.33 bits per heavy atom. The number of halogens is 6. The fourth-order valence-electron chi connectivity index (χ4n) is 5.36. The molecule has 4 aromatic rings. The van der Waals surface area contributed by atoms with Crippen molar-refractivity contribution >= 4 is 22.4 Å². The zero-order chi connectivity index (χ0) is 32.5. The summed E-state index contributed by atoms with van der Waals surface area (Å²) in [5.74, 6) is -0.552. The maximum Gasteiger partial charge on any atom is 0.417 e.